The highest BCUT2D eigenvalue weighted by Gasteiger charge is 2.10. The standard InChI is InChI=1S/C10H21F2NO2/c11-10(12)9-13(6-8-15)5-3-1-2-4-7-14/h10,14-15H,1-9H2. The monoisotopic (exact) mass is 225 g/mol. The van der Waals surface area contributed by atoms with Gasteiger partial charge in [0.05, 0.1) is 13.2 Å². The summed E-state index contributed by atoms with van der Waals surface area (Å²) in [4.78, 5) is 1.57. The largest absolute Gasteiger partial charge is 0.396 e. The SMILES string of the molecule is OCCCCCCN(CCO)CC(F)F. The molecule has 92 valence electrons. The molecule has 0 aliphatic carbocycles. The van der Waals surface area contributed by atoms with Gasteiger partial charge in [-0.25, -0.2) is 8.78 Å². The molecule has 0 radical (unpaired) electrons. The Morgan fingerprint density at radius 2 is 1.53 bits per heavy atom. The third-order valence-corrected chi connectivity index (χ3v) is 2.19. The number of halogens is 2. The van der Waals surface area contributed by atoms with Crippen molar-refractivity contribution in [3.63, 3.8) is 0 Å². The number of hydrogen-bond donors (Lipinski definition) is 2. The van der Waals surface area contributed by atoms with E-state index in [4.69, 9.17) is 10.2 Å². The molecule has 0 aromatic carbocycles. The van der Waals surface area contributed by atoms with Crippen molar-refractivity contribution in [1.29, 1.82) is 0 Å². The predicted octanol–water partition coefficient (Wildman–Crippen LogP) is 1.10. The average Bonchev–Trinajstić information content (AvgIpc) is 2.17. The van der Waals surface area contributed by atoms with Gasteiger partial charge in [-0.15, -0.1) is 0 Å². The lowest BCUT2D eigenvalue weighted by Gasteiger charge is -2.20. The number of aliphatic hydroxyl groups excluding tert-OH is 2. The summed E-state index contributed by atoms with van der Waals surface area (Å²) in [7, 11) is 0. The van der Waals surface area contributed by atoms with E-state index >= 15 is 0 Å². The van der Waals surface area contributed by atoms with E-state index in [9.17, 15) is 8.78 Å². The Morgan fingerprint density at radius 1 is 0.867 bits per heavy atom. The fourth-order valence-corrected chi connectivity index (χ4v) is 1.43. The Bertz CT molecular complexity index is 137. The van der Waals surface area contributed by atoms with Crippen LogP contribution >= 0.6 is 0 Å². The van der Waals surface area contributed by atoms with E-state index in [1.54, 1.807) is 4.90 Å². The van der Waals surface area contributed by atoms with Crippen molar-refractivity contribution in [2.24, 2.45) is 0 Å². The van der Waals surface area contributed by atoms with Gasteiger partial charge in [0, 0.05) is 13.2 Å². The highest BCUT2D eigenvalue weighted by Crippen LogP contribution is 2.03. The summed E-state index contributed by atoms with van der Waals surface area (Å²) in [6, 6.07) is 0. The molecule has 0 aromatic rings. The topological polar surface area (TPSA) is 43.7 Å². The van der Waals surface area contributed by atoms with Crippen molar-refractivity contribution >= 4 is 0 Å². The Hall–Kier alpha value is -0.260. The van der Waals surface area contributed by atoms with E-state index in [0.717, 1.165) is 25.7 Å². The highest BCUT2D eigenvalue weighted by atomic mass is 19.3. The number of nitrogens with zero attached hydrogens (tertiary/aromatic N) is 1. The summed E-state index contributed by atoms with van der Waals surface area (Å²) in [5.41, 5.74) is 0. The molecule has 0 bridgehead atoms. The van der Waals surface area contributed by atoms with Gasteiger partial charge < -0.3 is 10.2 Å². The lowest BCUT2D eigenvalue weighted by molar-refractivity contribution is 0.0773. The van der Waals surface area contributed by atoms with Gasteiger partial charge in [-0.1, -0.05) is 12.8 Å². The molecule has 5 heteroatoms. The van der Waals surface area contributed by atoms with Crippen LogP contribution in [0.2, 0.25) is 0 Å². The summed E-state index contributed by atoms with van der Waals surface area (Å²) < 4.78 is 24.2. The maximum absolute atomic E-state index is 12.1. The smallest absolute Gasteiger partial charge is 0.251 e. The first-order chi connectivity index (χ1) is 7.20. The molecule has 0 aliphatic heterocycles. The van der Waals surface area contributed by atoms with E-state index < -0.39 is 6.43 Å². The first-order valence-electron chi connectivity index (χ1n) is 5.43. The average molecular weight is 225 g/mol. The second-order valence-corrected chi connectivity index (χ2v) is 3.55. The van der Waals surface area contributed by atoms with E-state index in [1.807, 2.05) is 0 Å². The first-order valence-corrected chi connectivity index (χ1v) is 5.43. The van der Waals surface area contributed by atoms with Gasteiger partial charge >= 0.3 is 0 Å². The molecule has 0 saturated carbocycles. The molecule has 0 spiro atoms. The van der Waals surface area contributed by atoms with Crippen molar-refractivity contribution in [3.8, 4) is 0 Å². The van der Waals surface area contributed by atoms with Crippen LogP contribution in [0.15, 0.2) is 0 Å². The molecule has 0 atom stereocenters. The zero-order chi connectivity index (χ0) is 11.5. The number of rotatable bonds is 10. The summed E-state index contributed by atoms with van der Waals surface area (Å²) in [6.07, 6.45) is 1.14. The molecule has 2 N–H and O–H groups in total. The lowest BCUT2D eigenvalue weighted by Crippen LogP contribution is -2.32. The van der Waals surface area contributed by atoms with Crippen LogP contribution in [0, 0.1) is 0 Å². The molecule has 0 rings (SSSR count). The number of hydrogen-bond acceptors (Lipinski definition) is 3. The van der Waals surface area contributed by atoms with Crippen molar-refractivity contribution < 1.29 is 19.0 Å². The highest BCUT2D eigenvalue weighted by molar-refractivity contribution is 4.59. The minimum atomic E-state index is -2.34. The second kappa shape index (κ2) is 10.3. The number of aliphatic hydroxyl groups is 2. The van der Waals surface area contributed by atoms with Crippen LogP contribution in [-0.2, 0) is 0 Å². The molecule has 0 heterocycles. The van der Waals surface area contributed by atoms with Crippen molar-refractivity contribution in [2.75, 3.05) is 32.8 Å². The molecule has 0 saturated heterocycles. The molecule has 0 fully saturated rings. The van der Waals surface area contributed by atoms with Crippen molar-refractivity contribution in [2.45, 2.75) is 32.1 Å². The molecular weight excluding hydrogens is 204 g/mol. The maximum atomic E-state index is 12.1. The van der Waals surface area contributed by atoms with E-state index in [2.05, 4.69) is 0 Å². The Morgan fingerprint density at radius 3 is 2.07 bits per heavy atom. The molecule has 0 amide bonds. The summed E-state index contributed by atoms with van der Waals surface area (Å²) in [6.45, 7) is 0.752. The van der Waals surface area contributed by atoms with Gasteiger partial charge in [0.25, 0.3) is 6.43 Å². The Labute approximate surface area is 89.7 Å². The van der Waals surface area contributed by atoms with Crippen molar-refractivity contribution in [1.82, 2.24) is 4.90 Å². The number of alkyl halides is 2. The third kappa shape index (κ3) is 10.0. The predicted molar refractivity (Wildman–Crippen MR) is 55.1 cm³/mol. The molecule has 0 aromatic heterocycles. The van der Waals surface area contributed by atoms with Crippen LogP contribution in [0.5, 0.6) is 0 Å². The Kier molecular flexibility index (Phi) is 10.1. The van der Waals surface area contributed by atoms with Crippen LogP contribution < -0.4 is 0 Å². The zero-order valence-electron chi connectivity index (χ0n) is 9.04. The molecule has 3 nitrogen and oxygen atoms in total. The van der Waals surface area contributed by atoms with Crippen LogP contribution in [-0.4, -0.2) is 54.4 Å². The molecular formula is C10H21F2NO2. The van der Waals surface area contributed by atoms with Gasteiger partial charge in [-0.3, -0.25) is 4.90 Å². The fourth-order valence-electron chi connectivity index (χ4n) is 1.43. The van der Waals surface area contributed by atoms with Crippen LogP contribution in [0.4, 0.5) is 8.78 Å². The van der Waals surface area contributed by atoms with Gasteiger partial charge in [0.15, 0.2) is 0 Å². The maximum Gasteiger partial charge on any atom is 0.251 e. The minimum Gasteiger partial charge on any atom is -0.396 e. The van der Waals surface area contributed by atoms with E-state index in [-0.39, 0.29) is 19.8 Å². The molecule has 0 aliphatic rings. The summed E-state index contributed by atoms with van der Waals surface area (Å²) in [5.74, 6) is 0. The van der Waals surface area contributed by atoms with Crippen LogP contribution in [0.1, 0.15) is 25.7 Å². The van der Waals surface area contributed by atoms with Gasteiger partial charge in [0.2, 0.25) is 0 Å². The van der Waals surface area contributed by atoms with Gasteiger partial charge in [-0.2, -0.15) is 0 Å². The summed E-state index contributed by atoms with van der Waals surface area (Å²) >= 11 is 0. The van der Waals surface area contributed by atoms with E-state index in [1.165, 1.54) is 0 Å². The van der Waals surface area contributed by atoms with Crippen LogP contribution in [0.3, 0.4) is 0 Å². The van der Waals surface area contributed by atoms with Gasteiger partial charge in [-0.05, 0) is 19.4 Å². The zero-order valence-corrected chi connectivity index (χ0v) is 9.04. The quantitative estimate of drug-likeness (QED) is 0.547. The second-order valence-electron chi connectivity index (χ2n) is 3.55. The van der Waals surface area contributed by atoms with Crippen molar-refractivity contribution in [3.05, 3.63) is 0 Å². The van der Waals surface area contributed by atoms with Gasteiger partial charge in [0.1, 0.15) is 0 Å². The molecule has 15 heavy (non-hydrogen) atoms. The third-order valence-electron chi connectivity index (χ3n) is 2.19. The minimum absolute atomic E-state index is 0.0800. The first kappa shape index (κ1) is 14.7. The lowest BCUT2D eigenvalue weighted by atomic mass is 10.2. The fraction of sp³-hybridized carbons (Fsp3) is 1.00. The van der Waals surface area contributed by atoms with Crippen LogP contribution in [0.25, 0.3) is 0 Å². The molecule has 0 unspecified atom stereocenters. The summed E-state index contributed by atoms with van der Waals surface area (Å²) in [5, 5.41) is 17.2. The Balaban J connectivity index is 3.47. The van der Waals surface area contributed by atoms with E-state index in [0.29, 0.717) is 13.1 Å². The normalized spacial score (nSPS) is 11.6. The number of unbranched alkanes of at least 4 members (excludes halogenated alkanes) is 3.